The molecule has 0 radical (unpaired) electrons. The van der Waals surface area contributed by atoms with Gasteiger partial charge in [-0.25, -0.2) is 0 Å². The average Bonchev–Trinajstić information content (AvgIpc) is 2.38. The van der Waals surface area contributed by atoms with E-state index in [0.29, 0.717) is 0 Å². The fraction of sp³-hybridized carbons (Fsp3) is 0.625. The van der Waals surface area contributed by atoms with E-state index in [4.69, 9.17) is 5.26 Å². The van der Waals surface area contributed by atoms with Gasteiger partial charge >= 0.3 is 0 Å². The van der Waals surface area contributed by atoms with Crippen LogP contribution >= 0.6 is 15.9 Å². The normalized spacial score (nSPS) is 44.1. The van der Waals surface area contributed by atoms with Crippen LogP contribution in [-0.4, -0.2) is 4.32 Å². The molecule has 0 aromatic carbocycles. The summed E-state index contributed by atoms with van der Waals surface area (Å²) in [5.41, 5.74) is -0.152. The van der Waals surface area contributed by atoms with Crippen LogP contribution in [0, 0.1) is 16.7 Å². The molecule has 1 rings (SSSR count). The number of nitrogens with zero attached hydrogens (tertiary/aromatic N) is 1. The Morgan fingerprint density at radius 3 is 2.80 bits per heavy atom. The van der Waals surface area contributed by atoms with Crippen LogP contribution in [0.5, 0.6) is 0 Å². The molecule has 54 valence electrons. The highest BCUT2D eigenvalue weighted by atomic mass is 79.9. The molecule has 0 aliphatic heterocycles. The van der Waals surface area contributed by atoms with Crippen molar-refractivity contribution in [3.8, 4) is 6.07 Å². The molecule has 1 aliphatic carbocycles. The molecule has 1 saturated carbocycles. The van der Waals surface area contributed by atoms with Gasteiger partial charge in [0.2, 0.25) is 0 Å². The highest BCUT2D eigenvalue weighted by Crippen LogP contribution is 2.63. The maximum atomic E-state index is 8.71. The summed E-state index contributed by atoms with van der Waals surface area (Å²) in [4.78, 5) is 0. The van der Waals surface area contributed by atoms with E-state index in [2.05, 4.69) is 28.6 Å². The van der Waals surface area contributed by atoms with Gasteiger partial charge in [-0.15, -0.1) is 6.58 Å². The number of hydrogen-bond donors (Lipinski definition) is 0. The molecule has 10 heavy (non-hydrogen) atoms. The molecule has 2 heteroatoms. The van der Waals surface area contributed by atoms with Gasteiger partial charge in [0.1, 0.15) is 0 Å². The van der Waals surface area contributed by atoms with Gasteiger partial charge in [-0.3, -0.25) is 0 Å². The maximum Gasteiger partial charge on any atom is 0.0716 e. The molecule has 0 N–H and O–H groups in total. The highest BCUT2D eigenvalue weighted by molar-refractivity contribution is 9.10. The fourth-order valence-corrected chi connectivity index (χ4v) is 2.06. The van der Waals surface area contributed by atoms with E-state index in [1.54, 1.807) is 0 Å². The molecule has 0 amide bonds. The lowest BCUT2D eigenvalue weighted by Gasteiger charge is -2.05. The molecular formula is C8H10BrN. The largest absolute Gasteiger partial charge is 0.198 e. The summed E-state index contributed by atoms with van der Waals surface area (Å²) in [5, 5.41) is 8.71. The highest BCUT2D eigenvalue weighted by Gasteiger charge is 2.62. The van der Waals surface area contributed by atoms with Crippen LogP contribution < -0.4 is 0 Å². The number of halogens is 1. The van der Waals surface area contributed by atoms with E-state index >= 15 is 0 Å². The zero-order chi connectivity index (χ0) is 7.83. The first kappa shape index (κ1) is 7.81. The van der Waals surface area contributed by atoms with Crippen LogP contribution in [0.25, 0.3) is 0 Å². The Morgan fingerprint density at radius 2 is 2.50 bits per heavy atom. The zero-order valence-electron chi connectivity index (χ0n) is 6.02. The molecule has 2 atom stereocenters. The summed E-state index contributed by atoms with van der Waals surface area (Å²) >= 11 is 3.54. The molecule has 0 spiro atoms. The minimum atomic E-state index is -0.152. The molecule has 0 aromatic rings. The third-order valence-electron chi connectivity index (χ3n) is 2.21. The number of nitriles is 1. The monoisotopic (exact) mass is 199 g/mol. The van der Waals surface area contributed by atoms with Crippen molar-refractivity contribution in [1.29, 1.82) is 5.26 Å². The molecule has 0 bridgehead atoms. The van der Waals surface area contributed by atoms with Gasteiger partial charge in [0.05, 0.1) is 11.5 Å². The standard InChI is InChI=1S/C8H10BrN/c1-3-4-8(9)5-7(8,2)6-10/h3H,1,4-5H2,2H3/t7-,8+/m1/s1. The molecule has 1 aliphatic rings. The van der Waals surface area contributed by atoms with Gasteiger partial charge in [0.15, 0.2) is 0 Å². The lowest BCUT2D eigenvalue weighted by atomic mass is 10.1. The Hall–Kier alpha value is -0.290. The number of alkyl halides is 1. The van der Waals surface area contributed by atoms with Crippen LogP contribution in [0.3, 0.4) is 0 Å². The molecule has 1 nitrogen and oxygen atoms in total. The second-order valence-corrected chi connectivity index (χ2v) is 4.60. The maximum absolute atomic E-state index is 8.71. The second-order valence-electron chi connectivity index (χ2n) is 3.08. The van der Waals surface area contributed by atoms with E-state index < -0.39 is 0 Å². The van der Waals surface area contributed by atoms with Crippen molar-refractivity contribution in [3.63, 3.8) is 0 Å². The van der Waals surface area contributed by atoms with E-state index in [9.17, 15) is 0 Å². The van der Waals surface area contributed by atoms with Crippen molar-refractivity contribution in [2.24, 2.45) is 5.41 Å². The first-order chi connectivity index (χ1) is 4.58. The summed E-state index contributed by atoms with van der Waals surface area (Å²) in [6, 6.07) is 2.30. The first-order valence-corrected chi connectivity index (χ1v) is 4.08. The molecule has 0 saturated heterocycles. The number of hydrogen-bond acceptors (Lipinski definition) is 1. The summed E-state index contributed by atoms with van der Waals surface area (Å²) in [6.07, 6.45) is 3.69. The summed E-state index contributed by atoms with van der Waals surface area (Å²) in [6.45, 7) is 5.62. The molecule has 0 aromatic heterocycles. The van der Waals surface area contributed by atoms with Crippen LogP contribution in [-0.2, 0) is 0 Å². The topological polar surface area (TPSA) is 23.8 Å². The Bertz CT molecular complexity index is 206. The first-order valence-electron chi connectivity index (χ1n) is 3.29. The molecule has 0 unspecified atom stereocenters. The molecule has 0 heterocycles. The van der Waals surface area contributed by atoms with Gasteiger partial charge in [0, 0.05) is 4.32 Å². The predicted octanol–water partition coefficient (Wildman–Crippen LogP) is 2.63. The van der Waals surface area contributed by atoms with Crippen LogP contribution in [0.1, 0.15) is 19.8 Å². The lowest BCUT2D eigenvalue weighted by molar-refractivity contribution is 0.688. The number of allylic oxidation sites excluding steroid dienone is 1. The van der Waals surface area contributed by atoms with Gasteiger partial charge in [-0.2, -0.15) is 5.26 Å². The van der Waals surface area contributed by atoms with Gasteiger partial charge in [0.25, 0.3) is 0 Å². The molecule has 1 fully saturated rings. The number of rotatable bonds is 2. The summed E-state index contributed by atoms with van der Waals surface area (Å²) in [5.74, 6) is 0. The predicted molar refractivity (Wildman–Crippen MR) is 44.8 cm³/mol. The van der Waals surface area contributed by atoms with Gasteiger partial charge < -0.3 is 0 Å². The lowest BCUT2D eigenvalue weighted by Crippen LogP contribution is -2.06. The Balaban J connectivity index is 2.65. The van der Waals surface area contributed by atoms with Crippen molar-refractivity contribution in [2.45, 2.75) is 24.1 Å². The van der Waals surface area contributed by atoms with Crippen molar-refractivity contribution in [2.75, 3.05) is 0 Å². The van der Waals surface area contributed by atoms with E-state index in [-0.39, 0.29) is 9.74 Å². The Kier molecular flexibility index (Phi) is 1.64. The van der Waals surface area contributed by atoms with Crippen molar-refractivity contribution < 1.29 is 0 Å². The van der Waals surface area contributed by atoms with E-state index in [1.807, 2.05) is 13.0 Å². The van der Waals surface area contributed by atoms with E-state index in [0.717, 1.165) is 12.8 Å². The minimum Gasteiger partial charge on any atom is -0.198 e. The smallest absolute Gasteiger partial charge is 0.0716 e. The van der Waals surface area contributed by atoms with Crippen molar-refractivity contribution in [3.05, 3.63) is 12.7 Å². The summed E-state index contributed by atoms with van der Waals surface area (Å²) < 4.78 is 0.0382. The minimum absolute atomic E-state index is 0.0382. The third kappa shape index (κ3) is 0.894. The SMILES string of the molecule is C=CC[C@]1(Br)C[C@]1(C)C#N. The van der Waals surface area contributed by atoms with Gasteiger partial charge in [-0.05, 0) is 19.8 Å². The Morgan fingerprint density at radius 1 is 1.90 bits per heavy atom. The Labute approximate surface area is 69.9 Å². The van der Waals surface area contributed by atoms with Crippen molar-refractivity contribution >= 4 is 15.9 Å². The summed E-state index contributed by atoms with van der Waals surface area (Å²) in [7, 11) is 0. The van der Waals surface area contributed by atoms with Crippen LogP contribution in [0.2, 0.25) is 0 Å². The van der Waals surface area contributed by atoms with E-state index in [1.165, 1.54) is 0 Å². The second kappa shape index (κ2) is 2.10. The van der Waals surface area contributed by atoms with Gasteiger partial charge in [-0.1, -0.05) is 22.0 Å². The zero-order valence-corrected chi connectivity index (χ0v) is 7.61. The van der Waals surface area contributed by atoms with Crippen LogP contribution in [0.15, 0.2) is 12.7 Å². The fourth-order valence-electron chi connectivity index (χ4n) is 1.18. The third-order valence-corrected chi connectivity index (χ3v) is 3.69. The molecular weight excluding hydrogens is 190 g/mol. The van der Waals surface area contributed by atoms with Crippen molar-refractivity contribution in [1.82, 2.24) is 0 Å². The quantitative estimate of drug-likeness (QED) is 0.496. The average molecular weight is 200 g/mol. The van der Waals surface area contributed by atoms with Crippen LogP contribution in [0.4, 0.5) is 0 Å².